The molecule has 0 fully saturated rings. The largest absolute Gasteiger partial charge is 0.496 e. The zero-order valence-electron chi connectivity index (χ0n) is 12.0. The van der Waals surface area contributed by atoms with Crippen LogP contribution in [-0.2, 0) is 4.74 Å². The molecule has 3 nitrogen and oxygen atoms in total. The monoisotopic (exact) mass is 325 g/mol. The molecule has 1 atom stereocenters. The van der Waals surface area contributed by atoms with Gasteiger partial charge in [-0.15, -0.1) is 0 Å². The van der Waals surface area contributed by atoms with E-state index in [-0.39, 0.29) is 6.61 Å². The first kappa shape index (κ1) is 18.1. The summed E-state index contributed by atoms with van der Waals surface area (Å²) in [6, 6.07) is 4.60. The minimum absolute atomic E-state index is 0.115. The Labute approximate surface area is 127 Å². The predicted octanol–water partition coefficient (Wildman–Crippen LogP) is 3.97. The van der Waals surface area contributed by atoms with E-state index in [1.54, 1.807) is 18.2 Å². The minimum Gasteiger partial charge on any atom is -0.496 e. The van der Waals surface area contributed by atoms with Crippen molar-refractivity contribution in [1.82, 2.24) is 5.32 Å². The van der Waals surface area contributed by atoms with Crippen molar-refractivity contribution in [1.29, 1.82) is 0 Å². The summed E-state index contributed by atoms with van der Waals surface area (Å²) in [5.74, 6) is 0.559. The lowest BCUT2D eigenvalue weighted by Crippen LogP contribution is -2.29. The van der Waals surface area contributed by atoms with Crippen LogP contribution in [0, 0.1) is 0 Å². The molecule has 21 heavy (non-hydrogen) atoms. The normalized spacial score (nSPS) is 13.2. The number of halogens is 4. The molecule has 1 rings (SSSR count). The second-order valence-electron chi connectivity index (χ2n) is 4.52. The SMILES string of the molecule is CCCNC(COCC(F)(F)F)c1cc(Cl)ccc1OC. The fourth-order valence-electron chi connectivity index (χ4n) is 1.85. The van der Waals surface area contributed by atoms with Gasteiger partial charge in [0.2, 0.25) is 0 Å². The summed E-state index contributed by atoms with van der Waals surface area (Å²) in [6.07, 6.45) is -3.49. The maximum absolute atomic E-state index is 12.2. The minimum atomic E-state index is -4.34. The molecule has 1 unspecified atom stereocenters. The molecule has 0 aliphatic carbocycles. The second-order valence-corrected chi connectivity index (χ2v) is 4.96. The van der Waals surface area contributed by atoms with Gasteiger partial charge < -0.3 is 14.8 Å². The van der Waals surface area contributed by atoms with Crippen molar-refractivity contribution in [3.63, 3.8) is 0 Å². The number of hydrogen-bond donors (Lipinski definition) is 1. The molecule has 0 heterocycles. The molecule has 1 aromatic carbocycles. The summed E-state index contributed by atoms with van der Waals surface area (Å²) in [4.78, 5) is 0. The van der Waals surface area contributed by atoms with Gasteiger partial charge in [-0.2, -0.15) is 13.2 Å². The highest BCUT2D eigenvalue weighted by molar-refractivity contribution is 6.30. The van der Waals surface area contributed by atoms with Gasteiger partial charge in [0.05, 0.1) is 19.8 Å². The average molecular weight is 326 g/mol. The number of benzene rings is 1. The predicted molar refractivity (Wildman–Crippen MR) is 75.9 cm³/mol. The van der Waals surface area contributed by atoms with Gasteiger partial charge in [0.25, 0.3) is 0 Å². The van der Waals surface area contributed by atoms with E-state index in [0.29, 0.717) is 22.9 Å². The first-order chi connectivity index (χ1) is 9.87. The Morgan fingerprint density at radius 3 is 2.62 bits per heavy atom. The van der Waals surface area contributed by atoms with Crippen molar-refractivity contribution in [3.8, 4) is 5.75 Å². The maximum Gasteiger partial charge on any atom is 0.411 e. The molecule has 0 aromatic heterocycles. The number of alkyl halides is 3. The van der Waals surface area contributed by atoms with Crippen LogP contribution in [0.15, 0.2) is 18.2 Å². The van der Waals surface area contributed by atoms with Gasteiger partial charge in [-0.1, -0.05) is 18.5 Å². The molecule has 0 aliphatic rings. The molecule has 0 radical (unpaired) electrons. The molecule has 0 bridgehead atoms. The zero-order valence-corrected chi connectivity index (χ0v) is 12.7. The summed E-state index contributed by atoms with van der Waals surface area (Å²) >= 11 is 5.95. The van der Waals surface area contributed by atoms with E-state index in [0.717, 1.165) is 6.42 Å². The lowest BCUT2D eigenvalue weighted by atomic mass is 10.1. The smallest absolute Gasteiger partial charge is 0.411 e. The molecule has 0 saturated carbocycles. The highest BCUT2D eigenvalue weighted by Crippen LogP contribution is 2.29. The zero-order chi connectivity index (χ0) is 15.9. The Morgan fingerprint density at radius 1 is 1.33 bits per heavy atom. The Morgan fingerprint density at radius 2 is 2.05 bits per heavy atom. The number of ether oxygens (including phenoxy) is 2. The van der Waals surface area contributed by atoms with Crippen LogP contribution in [0.2, 0.25) is 5.02 Å². The third-order valence-corrected chi connectivity index (χ3v) is 2.99. The van der Waals surface area contributed by atoms with E-state index in [2.05, 4.69) is 5.32 Å². The number of nitrogens with one attached hydrogen (secondary N) is 1. The Hall–Kier alpha value is -0.980. The van der Waals surface area contributed by atoms with Gasteiger partial charge in [-0.05, 0) is 31.2 Å². The summed E-state index contributed by atoms with van der Waals surface area (Å²) in [5.41, 5.74) is 0.681. The average Bonchev–Trinajstić information content (AvgIpc) is 2.41. The molecule has 0 aliphatic heterocycles. The standard InChI is InChI=1S/C14H19ClF3NO2/c1-3-6-19-12(8-21-9-14(16,17)18)11-7-10(15)4-5-13(11)20-2/h4-5,7,12,19H,3,6,8-9H2,1-2H3. The van der Waals surface area contributed by atoms with Crippen LogP contribution in [0.5, 0.6) is 5.75 Å². The van der Waals surface area contributed by atoms with Gasteiger partial charge >= 0.3 is 6.18 Å². The van der Waals surface area contributed by atoms with Crippen LogP contribution in [-0.4, -0.2) is 33.0 Å². The van der Waals surface area contributed by atoms with Gasteiger partial charge in [-0.3, -0.25) is 0 Å². The van der Waals surface area contributed by atoms with Crippen LogP contribution < -0.4 is 10.1 Å². The molecule has 0 saturated heterocycles. The van der Waals surface area contributed by atoms with E-state index in [9.17, 15) is 13.2 Å². The van der Waals surface area contributed by atoms with Crippen molar-refractivity contribution in [3.05, 3.63) is 28.8 Å². The summed E-state index contributed by atoms with van der Waals surface area (Å²) in [5, 5.41) is 3.63. The van der Waals surface area contributed by atoms with Crippen LogP contribution in [0.1, 0.15) is 24.9 Å². The van der Waals surface area contributed by atoms with Crippen LogP contribution >= 0.6 is 11.6 Å². The summed E-state index contributed by atoms with van der Waals surface area (Å²) < 4.78 is 46.5. The highest BCUT2D eigenvalue weighted by atomic mass is 35.5. The third kappa shape index (κ3) is 6.54. The second kappa shape index (κ2) is 8.46. The Kier molecular flexibility index (Phi) is 7.28. The van der Waals surface area contributed by atoms with Crippen molar-refractivity contribution in [2.24, 2.45) is 0 Å². The van der Waals surface area contributed by atoms with Gasteiger partial charge in [0, 0.05) is 10.6 Å². The third-order valence-electron chi connectivity index (χ3n) is 2.76. The molecular formula is C14H19ClF3NO2. The first-order valence-electron chi connectivity index (χ1n) is 6.58. The Bertz CT molecular complexity index is 441. The molecule has 120 valence electrons. The fraction of sp³-hybridized carbons (Fsp3) is 0.571. The molecule has 7 heteroatoms. The van der Waals surface area contributed by atoms with E-state index in [1.807, 2.05) is 6.92 Å². The number of methoxy groups -OCH3 is 1. The van der Waals surface area contributed by atoms with Crippen molar-refractivity contribution in [2.75, 3.05) is 26.9 Å². The molecular weight excluding hydrogens is 307 g/mol. The van der Waals surface area contributed by atoms with Gasteiger partial charge in [0.15, 0.2) is 0 Å². The quantitative estimate of drug-likeness (QED) is 0.784. The molecule has 1 aromatic rings. The lowest BCUT2D eigenvalue weighted by molar-refractivity contribution is -0.175. The van der Waals surface area contributed by atoms with E-state index < -0.39 is 18.8 Å². The Balaban J connectivity index is 2.83. The van der Waals surface area contributed by atoms with Crippen LogP contribution in [0.25, 0.3) is 0 Å². The molecule has 0 spiro atoms. The molecule has 1 N–H and O–H groups in total. The van der Waals surface area contributed by atoms with Crippen molar-refractivity contribution in [2.45, 2.75) is 25.6 Å². The van der Waals surface area contributed by atoms with E-state index in [4.69, 9.17) is 21.1 Å². The van der Waals surface area contributed by atoms with E-state index in [1.165, 1.54) is 7.11 Å². The van der Waals surface area contributed by atoms with Crippen LogP contribution in [0.4, 0.5) is 13.2 Å². The van der Waals surface area contributed by atoms with Crippen molar-refractivity contribution < 1.29 is 22.6 Å². The topological polar surface area (TPSA) is 30.5 Å². The van der Waals surface area contributed by atoms with Gasteiger partial charge in [-0.25, -0.2) is 0 Å². The fourth-order valence-corrected chi connectivity index (χ4v) is 2.03. The first-order valence-corrected chi connectivity index (χ1v) is 6.96. The molecule has 0 amide bonds. The lowest BCUT2D eigenvalue weighted by Gasteiger charge is -2.22. The van der Waals surface area contributed by atoms with E-state index >= 15 is 0 Å². The number of rotatable bonds is 8. The maximum atomic E-state index is 12.2. The summed E-state index contributed by atoms with van der Waals surface area (Å²) in [6.45, 7) is 1.22. The van der Waals surface area contributed by atoms with Gasteiger partial charge in [0.1, 0.15) is 12.4 Å². The number of hydrogen-bond acceptors (Lipinski definition) is 3. The van der Waals surface area contributed by atoms with Crippen LogP contribution in [0.3, 0.4) is 0 Å². The summed E-state index contributed by atoms with van der Waals surface area (Å²) in [7, 11) is 1.50. The highest BCUT2D eigenvalue weighted by Gasteiger charge is 2.28. The van der Waals surface area contributed by atoms with Crippen molar-refractivity contribution >= 4 is 11.6 Å².